The highest BCUT2D eigenvalue weighted by Crippen LogP contribution is 2.29. The van der Waals surface area contributed by atoms with Gasteiger partial charge in [0, 0.05) is 5.75 Å². The first-order valence-corrected chi connectivity index (χ1v) is 6.06. The van der Waals surface area contributed by atoms with Crippen LogP contribution in [0.4, 0.5) is 13.2 Å². The first-order valence-electron chi connectivity index (χ1n) is 4.91. The highest BCUT2D eigenvalue weighted by molar-refractivity contribution is 7.99. The predicted molar refractivity (Wildman–Crippen MR) is 59.7 cm³/mol. The summed E-state index contributed by atoms with van der Waals surface area (Å²) in [5, 5.41) is 10.7. The van der Waals surface area contributed by atoms with E-state index in [-0.39, 0.29) is 5.75 Å². The third kappa shape index (κ3) is 6.09. The molecule has 3 N–H and O–H groups in total. The van der Waals surface area contributed by atoms with Gasteiger partial charge in [-0.15, -0.1) is 0 Å². The molecule has 1 unspecified atom stereocenters. The zero-order valence-corrected chi connectivity index (χ0v) is 10.1. The molecule has 0 spiro atoms. The number of alkyl halides is 3. The number of hydrogen-bond acceptors (Lipinski definition) is 3. The first-order chi connectivity index (χ1) is 7.29. The highest BCUT2D eigenvalue weighted by atomic mass is 32.2. The molecule has 0 aromatic rings. The van der Waals surface area contributed by atoms with Gasteiger partial charge in [0.1, 0.15) is 5.92 Å². The Bertz CT molecular complexity index is 231. The maximum atomic E-state index is 12.5. The van der Waals surface area contributed by atoms with Crippen LogP contribution in [0.1, 0.15) is 20.3 Å². The van der Waals surface area contributed by atoms with Gasteiger partial charge in [-0.1, -0.05) is 19.0 Å². The van der Waals surface area contributed by atoms with Gasteiger partial charge in [-0.2, -0.15) is 24.9 Å². The summed E-state index contributed by atoms with van der Waals surface area (Å²) in [7, 11) is 0. The SMILES string of the molecule is CC(C)CCSCC(C(N)=NO)C(F)(F)F. The molecule has 0 aliphatic rings. The average Bonchev–Trinajstić information content (AvgIpc) is 2.14. The second kappa shape index (κ2) is 6.88. The lowest BCUT2D eigenvalue weighted by Crippen LogP contribution is -2.37. The average molecular weight is 258 g/mol. The van der Waals surface area contributed by atoms with Crippen molar-refractivity contribution in [2.45, 2.75) is 26.4 Å². The van der Waals surface area contributed by atoms with E-state index >= 15 is 0 Å². The second-order valence-electron chi connectivity index (χ2n) is 3.88. The molecule has 0 aromatic heterocycles. The Hall–Kier alpha value is -0.590. The van der Waals surface area contributed by atoms with E-state index < -0.39 is 17.9 Å². The maximum Gasteiger partial charge on any atom is 0.399 e. The van der Waals surface area contributed by atoms with Crippen LogP contribution in [0.25, 0.3) is 0 Å². The van der Waals surface area contributed by atoms with Gasteiger partial charge in [-0.05, 0) is 18.1 Å². The number of hydrogen-bond donors (Lipinski definition) is 2. The molecular formula is C9H17F3N2OS. The largest absolute Gasteiger partial charge is 0.409 e. The molecule has 7 heteroatoms. The van der Waals surface area contributed by atoms with Crippen LogP contribution in [0.15, 0.2) is 5.16 Å². The van der Waals surface area contributed by atoms with Gasteiger partial charge in [0.15, 0.2) is 5.84 Å². The van der Waals surface area contributed by atoms with Gasteiger partial charge in [0.2, 0.25) is 0 Å². The van der Waals surface area contributed by atoms with E-state index in [1.165, 1.54) is 11.8 Å². The molecule has 0 aliphatic carbocycles. The fourth-order valence-corrected chi connectivity index (χ4v) is 2.34. The minimum absolute atomic E-state index is 0.202. The van der Waals surface area contributed by atoms with Crippen LogP contribution in [0.5, 0.6) is 0 Å². The summed E-state index contributed by atoms with van der Waals surface area (Å²) in [5.41, 5.74) is 5.01. The standard InChI is InChI=1S/C9H17F3N2OS/c1-6(2)3-4-16-5-7(8(13)14-15)9(10,11)12/h6-7,15H,3-5H2,1-2H3,(H2,13,14). The van der Waals surface area contributed by atoms with Gasteiger partial charge in [0.05, 0.1) is 0 Å². The van der Waals surface area contributed by atoms with Crippen molar-refractivity contribution in [1.29, 1.82) is 0 Å². The molecule has 0 heterocycles. The van der Waals surface area contributed by atoms with Crippen molar-refractivity contribution < 1.29 is 18.4 Å². The molecule has 96 valence electrons. The van der Waals surface area contributed by atoms with Crippen LogP contribution in [-0.4, -0.2) is 28.7 Å². The number of nitrogens with two attached hydrogens (primary N) is 1. The normalized spacial score (nSPS) is 15.5. The summed E-state index contributed by atoms with van der Waals surface area (Å²) in [6.45, 7) is 4.01. The van der Waals surface area contributed by atoms with Crippen molar-refractivity contribution >= 4 is 17.6 Å². The molecular weight excluding hydrogens is 241 g/mol. The molecule has 3 nitrogen and oxygen atoms in total. The van der Waals surface area contributed by atoms with Gasteiger partial charge >= 0.3 is 6.18 Å². The van der Waals surface area contributed by atoms with E-state index in [2.05, 4.69) is 5.16 Å². The van der Waals surface area contributed by atoms with E-state index in [0.29, 0.717) is 11.7 Å². The highest BCUT2D eigenvalue weighted by Gasteiger charge is 2.42. The molecule has 0 radical (unpaired) electrons. The zero-order chi connectivity index (χ0) is 12.8. The fraction of sp³-hybridized carbons (Fsp3) is 0.889. The smallest absolute Gasteiger partial charge is 0.399 e. The number of rotatable bonds is 6. The van der Waals surface area contributed by atoms with Crippen molar-refractivity contribution in [2.75, 3.05) is 11.5 Å². The number of nitrogens with zero attached hydrogens (tertiary/aromatic N) is 1. The lowest BCUT2D eigenvalue weighted by Gasteiger charge is -2.18. The van der Waals surface area contributed by atoms with Gasteiger partial charge in [0.25, 0.3) is 0 Å². The molecule has 0 saturated carbocycles. The Labute approximate surface area is 97.3 Å². The molecule has 0 bridgehead atoms. The Morgan fingerprint density at radius 3 is 2.38 bits per heavy atom. The van der Waals surface area contributed by atoms with Crippen molar-refractivity contribution in [1.82, 2.24) is 0 Å². The quantitative estimate of drug-likeness (QED) is 0.253. The topological polar surface area (TPSA) is 58.6 Å². The summed E-state index contributed by atoms with van der Waals surface area (Å²) >= 11 is 1.17. The number of thioether (sulfide) groups is 1. The zero-order valence-electron chi connectivity index (χ0n) is 9.29. The molecule has 1 atom stereocenters. The van der Waals surface area contributed by atoms with Crippen LogP contribution in [0.3, 0.4) is 0 Å². The Morgan fingerprint density at radius 1 is 1.44 bits per heavy atom. The maximum absolute atomic E-state index is 12.5. The van der Waals surface area contributed by atoms with Crippen molar-refractivity contribution in [3.05, 3.63) is 0 Å². The van der Waals surface area contributed by atoms with Crippen LogP contribution >= 0.6 is 11.8 Å². The minimum Gasteiger partial charge on any atom is -0.409 e. The third-order valence-corrected chi connectivity index (χ3v) is 3.09. The summed E-state index contributed by atoms with van der Waals surface area (Å²) in [4.78, 5) is 0. The van der Waals surface area contributed by atoms with Gasteiger partial charge in [-0.25, -0.2) is 0 Å². The third-order valence-electron chi connectivity index (χ3n) is 1.99. The van der Waals surface area contributed by atoms with Gasteiger partial charge < -0.3 is 10.9 Å². The molecule has 0 amide bonds. The van der Waals surface area contributed by atoms with E-state index in [4.69, 9.17) is 10.9 Å². The summed E-state index contributed by atoms with van der Waals surface area (Å²) in [6, 6.07) is 0. The Balaban J connectivity index is 4.15. The summed E-state index contributed by atoms with van der Waals surface area (Å²) in [5.74, 6) is -1.74. The predicted octanol–water partition coefficient (Wildman–Crippen LogP) is 2.69. The minimum atomic E-state index is -4.46. The lowest BCUT2D eigenvalue weighted by atomic mass is 10.1. The molecule has 0 aliphatic heterocycles. The lowest BCUT2D eigenvalue weighted by molar-refractivity contribution is -0.150. The number of oxime groups is 1. The van der Waals surface area contributed by atoms with E-state index in [1.807, 2.05) is 13.8 Å². The molecule has 0 aromatic carbocycles. The van der Waals surface area contributed by atoms with Crippen LogP contribution < -0.4 is 5.73 Å². The van der Waals surface area contributed by atoms with Crippen LogP contribution in [0, 0.1) is 11.8 Å². The molecule has 0 fully saturated rings. The van der Waals surface area contributed by atoms with Crippen molar-refractivity contribution in [2.24, 2.45) is 22.7 Å². The van der Waals surface area contributed by atoms with Crippen molar-refractivity contribution in [3.63, 3.8) is 0 Å². The monoisotopic (exact) mass is 258 g/mol. The Morgan fingerprint density at radius 2 is 2.00 bits per heavy atom. The Kier molecular flexibility index (Phi) is 6.62. The first kappa shape index (κ1) is 15.4. The van der Waals surface area contributed by atoms with Crippen molar-refractivity contribution in [3.8, 4) is 0 Å². The molecule has 0 saturated heterocycles. The molecule has 0 rings (SSSR count). The second-order valence-corrected chi connectivity index (χ2v) is 5.03. The van der Waals surface area contributed by atoms with Gasteiger partial charge in [-0.3, -0.25) is 0 Å². The van der Waals surface area contributed by atoms with E-state index in [9.17, 15) is 13.2 Å². The van der Waals surface area contributed by atoms with Crippen LogP contribution in [0.2, 0.25) is 0 Å². The summed E-state index contributed by atoms with van der Waals surface area (Å²) < 4.78 is 37.4. The number of halogens is 3. The molecule has 16 heavy (non-hydrogen) atoms. The van der Waals surface area contributed by atoms with E-state index in [0.717, 1.165) is 6.42 Å². The summed E-state index contributed by atoms with van der Waals surface area (Å²) in [6.07, 6.45) is -3.60. The number of amidine groups is 1. The fourth-order valence-electron chi connectivity index (χ4n) is 0.937. The van der Waals surface area contributed by atoms with E-state index in [1.54, 1.807) is 0 Å². The van der Waals surface area contributed by atoms with Crippen LogP contribution in [-0.2, 0) is 0 Å².